The molecule has 0 aliphatic heterocycles. The zero-order chi connectivity index (χ0) is 18.4. The number of rotatable bonds is 8. The summed E-state index contributed by atoms with van der Waals surface area (Å²) in [5, 5.41) is 40.7. The maximum atomic E-state index is 10.4. The van der Waals surface area contributed by atoms with Crippen molar-refractivity contribution < 1.29 is 30.6 Å². The van der Waals surface area contributed by atoms with Crippen molar-refractivity contribution >= 4 is 25.2 Å². The highest BCUT2D eigenvalue weighted by Gasteiger charge is 2.31. The van der Waals surface area contributed by atoms with Gasteiger partial charge in [0.05, 0.1) is 6.10 Å². The average Bonchev–Trinajstić information content (AvgIpc) is 2.66. The molecule has 2 aromatic rings. The van der Waals surface area contributed by atoms with Gasteiger partial charge in [-0.15, -0.1) is 0 Å². The number of hydrogen-bond acceptors (Lipinski definition) is 6. The van der Waals surface area contributed by atoms with Crippen LogP contribution in [0.5, 0.6) is 0 Å². The van der Waals surface area contributed by atoms with E-state index in [2.05, 4.69) is 5.73 Å². The standard InChI is InChI=1S/C16H22B2N2O5/c19-9-15(21)11-5-1-3-7-13(11)17(23)25-18(24)14-8-4-2-6-12(14)16(22)10-20/h1-8,15-16,21-24H,9-10,19-20H2/p+1. The van der Waals surface area contributed by atoms with Crippen molar-refractivity contribution in [2.75, 3.05) is 13.1 Å². The van der Waals surface area contributed by atoms with Crippen LogP contribution in [0.2, 0.25) is 0 Å². The van der Waals surface area contributed by atoms with E-state index in [-0.39, 0.29) is 13.1 Å². The van der Waals surface area contributed by atoms with Gasteiger partial charge in [0.1, 0.15) is 12.6 Å². The lowest BCUT2D eigenvalue weighted by Crippen LogP contribution is -2.54. The summed E-state index contributed by atoms with van der Waals surface area (Å²) in [5.74, 6) is 0. The second-order valence-electron chi connectivity index (χ2n) is 5.65. The Labute approximate surface area is 147 Å². The molecule has 9 heteroatoms. The van der Waals surface area contributed by atoms with Crippen molar-refractivity contribution in [3.8, 4) is 0 Å². The Balaban J connectivity index is 2.23. The molecular formula is C16H23B2N2O5+. The lowest BCUT2D eigenvalue weighted by molar-refractivity contribution is -0.385. The van der Waals surface area contributed by atoms with E-state index in [0.29, 0.717) is 22.1 Å². The summed E-state index contributed by atoms with van der Waals surface area (Å²) in [5.41, 5.74) is 10.7. The number of quaternary nitrogens is 1. The van der Waals surface area contributed by atoms with Crippen molar-refractivity contribution in [3.63, 3.8) is 0 Å². The molecule has 0 aromatic heterocycles. The molecule has 0 aliphatic carbocycles. The highest BCUT2D eigenvalue weighted by Crippen LogP contribution is 2.11. The SMILES string of the molecule is NCC(O)c1ccccc1B(O)OB(O)c1ccccc1C(O)C[NH3+]. The Hall–Kier alpha value is -1.71. The fraction of sp³-hybridized carbons (Fsp3) is 0.250. The fourth-order valence-electron chi connectivity index (χ4n) is 2.63. The van der Waals surface area contributed by atoms with E-state index in [0.717, 1.165) is 0 Å². The van der Waals surface area contributed by atoms with Crippen molar-refractivity contribution in [2.24, 2.45) is 5.73 Å². The van der Waals surface area contributed by atoms with Crippen molar-refractivity contribution in [1.82, 2.24) is 0 Å². The molecule has 0 saturated heterocycles. The zero-order valence-electron chi connectivity index (χ0n) is 13.8. The van der Waals surface area contributed by atoms with Crippen molar-refractivity contribution in [2.45, 2.75) is 12.2 Å². The number of benzene rings is 2. The predicted octanol–water partition coefficient (Wildman–Crippen LogP) is -2.95. The molecule has 0 fully saturated rings. The Morgan fingerprint density at radius 3 is 1.76 bits per heavy atom. The first-order valence-electron chi connectivity index (χ1n) is 8.04. The van der Waals surface area contributed by atoms with Crippen LogP contribution in [0.15, 0.2) is 48.5 Å². The summed E-state index contributed by atoms with van der Waals surface area (Å²) in [6, 6.07) is 13.3. The van der Waals surface area contributed by atoms with Crippen LogP contribution in [0.4, 0.5) is 0 Å². The van der Waals surface area contributed by atoms with Crippen LogP contribution in [-0.2, 0) is 4.57 Å². The highest BCUT2D eigenvalue weighted by atomic mass is 16.5. The average molecular weight is 345 g/mol. The normalized spacial score (nSPS) is 13.4. The molecule has 0 radical (unpaired) electrons. The number of nitrogens with two attached hydrogens (primary N) is 1. The quantitative estimate of drug-likeness (QED) is 0.282. The maximum Gasteiger partial charge on any atom is 0.478 e. The molecule has 0 bridgehead atoms. The predicted molar refractivity (Wildman–Crippen MR) is 95.9 cm³/mol. The molecule has 0 saturated carbocycles. The van der Waals surface area contributed by atoms with E-state index in [1.54, 1.807) is 48.5 Å². The molecule has 0 amide bonds. The molecule has 9 N–H and O–H groups in total. The first kappa shape index (κ1) is 19.6. The monoisotopic (exact) mass is 345 g/mol. The van der Waals surface area contributed by atoms with Gasteiger partial charge >= 0.3 is 14.2 Å². The Morgan fingerprint density at radius 2 is 1.32 bits per heavy atom. The van der Waals surface area contributed by atoms with Gasteiger partial charge < -0.3 is 36.3 Å². The third kappa shape index (κ3) is 4.68. The van der Waals surface area contributed by atoms with Gasteiger partial charge in [0.25, 0.3) is 0 Å². The van der Waals surface area contributed by atoms with E-state index in [1.807, 2.05) is 0 Å². The summed E-state index contributed by atoms with van der Waals surface area (Å²) in [6.07, 6.45) is -1.80. The lowest BCUT2D eigenvalue weighted by atomic mass is 9.68. The van der Waals surface area contributed by atoms with E-state index in [4.69, 9.17) is 10.3 Å². The molecule has 0 spiro atoms. The van der Waals surface area contributed by atoms with Gasteiger partial charge in [0.2, 0.25) is 0 Å². The Kier molecular flexibility index (Phi) is 7.15. The van der Waals surface area contributed by atoms with Crippen LogP contribution in [0, 0.1) is 0 Å². The smallest absolute Gasteiger partial charge is 0.443 e. The van der Waals surface area contributed by atoms with E-state index < -0.39 is 26.4 Å². The van der Waals surface area contributed by atoms with Crippen molar-refractivity contribution in [3.05, 3.63) is 59.7 Å². The summed E-state index contributed by atoms with van der Waals surface area (Å²) in [7, 11) is -2.94. The lowest BCUT2D eigenvalue weighted by Gasteiger charge is -2.19. The molecule has 25 heavy (non-hydrogen) atoms. The minimum atomic E-state index is -1.47. The van der Waals surface area contributed by atoms with Crippen LogP contribution in [0.1, 0.15) is 23.3 Å². The molecule has 132 valence electrons. The summed E-state index contributed by atoms with van der Waals surface area (Å²) in [4.78, 5) is 0. The maximum absolute atomic E-state index is 10.4. The summed E-state index contributed by atoms with van der Waals surface area (Å²) >= 11 is 0. The fourth-order valence-corrected chi connectivity index (χ4v) is 2.63. The van der Waals surface area contributed by atoms with Crippen LogP contribution in [0.25, 0.3) is 0 Å². The first-order valence-corrected chi connectivity index (χ1v) is 8.04. The number of aliphatic hydroxyl groups excluding tert-OH is 2. The number of hydrogen-bond donors (Lipinski definition) is 6. The van der Waals surface area contributed by atoms with Gasteiger partial charge in [-0.25, -0.2) is 0 Å². The largest absolute Gasteiger partial charge is 0.478 e. The van der Waals surface area contributed by atoms with Crippen LogP contribution in [-0.4, -0.2) is 47.6 Å². The van der Waals surface area contributed by atoms with E-state index in [9.17, 15) is 20.3 Å². The molecular weight excluding hydrogens is 322 g/mol. The molecule has 2 atom stereocenters. The third-order valence-corrected chi connectivity index (χ3v) is 4.00. The topological polar surface area (TPSA) is 144 Å². The Morgan fingerprint density at radius 1 is 0.880 bits per heavy atom. The minimum absolute atomic E-state index is 0.00911. The molecule has 2 unspecified atom stereocenters. The second kappa shape index (κ2) is 9.12. The van der Waals surface area contributed by atoms with Gasteiger partial charge in [-0.1, -0.05) is 48.5 Å². The van der Waals surface area contributed by atoms with E-state index in [1.165, 1.54) is 0 Å². The Bertz CT molecular complexity index is 634. The molecule has 0 aliphatic rings. The number of aliphatic hydroxyl groups is 2. The molecule has 2 aromatic carbocycles. The third-order valence-electron chi connectivity index (χ3n) is 4.00. The molecule has 0 heterocycles. The summed E-state index contributed by atoms with van der Waals surface area (Å²) < 4.78 is 5.32. The van der Waals surface area contributed by atoms with E-state index >= 15 is 0 Å². The van der Waals surface area contributed by atoms with Gasteiger partial charge in [-0.05, 0) is 22.1 Å². The van der Waals surface area contributed by atoms with Crippen LogP contribution < -0.4 is 22.4 Å². The zero-order valence-corrected chi connectivity index (χ0v) is 13.8. The van der Waals surface area contributed by atoms with Gasteiger partial charge in [0, 0.05) is 6.54 Å². The van der Waals surface area contributed by atoms with Gasteiger partial charge in [-0.3, -0.25) is 0 Å². The van der Waals surface area contributed by atoms with Gasteiger partial charge in [0.15, 0.2) is 0 Å². The molecule has 7 nitrogen and oxygen atoms in total. The highest BCUT2D eigenvalue weighted by molar-refractivity contribution is 6.73. The van der Waals surface area contributed by atoms with Crippen LogP contribution in [0.3, 0.4) is 0 Å². The van der Waals surface area contributed by atoms with Gasteiger partial charge in [-0.2, -0.15) is 0 Å². The molecule has 2 rings (SSSR count). The second-order valence-corrected chi connectivity index (χ2v) is 5.65. The van der Waals surface area contributed by atoms with Crippen molar-refractivity contribution in [1.29, 1.82) is 0 Å². The van der Waals surface area contributed by atoms with Crippen LogP contribution >= 0.6 is 0 Å². The first-order chi connectivity index (χ1) is 12.0. The summed E-state index contributed by atoms with van der Waals surface area (Å²) in [6.45, 7) is 0.225. The minimum Gasteiger partial charge on any atom is -0.443 e.